The summed E-state index contributed by atoms with van der Waals surface area (Å²) in [4.78, 5) is 13.6. The molecule has 0 unspecified atom stereocenters. The van der Waals surface area contributed by atoms with Gasteiger partial charge in [-0.2, -0.15) is 21.6 Å². The van der Waals surface area contributed by atoms with Gasteiger partial charge in [0.15, 0.2) is 0 Å². The zero-order valence-electron chi connectivity index (χ0n) is 17.0. The number of esters is 1. The number of aromatic nitrogens is 2. The maximum atomic E-state index is 12.9. The number of carbonyl (C=O) groups excluding carboxylic acids is 1. The SMILES string of the molecule is CCOC(=O)c1nnc(N=Nc2cc3c(cc2NS(=O)(=O)C(F)(F)F)N(CC)CCC3)s1. The average molecular weight is 493 g/mol. The average Bonchev–Trinajstić information content (AvgIpc) is 3.20. The number of rotatable bonds is 7. The van der Waals surface area contributed by atoms with Crippen LogP contribution in [0.4, 0.5) is 35.4 Å². The first kappa shape index (κ1) is 23.8. The third-order valence-electron chi connectivity index (χ3n) is 4.45. The summed E-state index contributed by atoms with van der Waals surface area (Å²) in [5, 5.41) is 14.9. The van der Waals surface area contributed by atoms with E-state index in [-0.39, 0.29) is 28.1 Å². The van der Waals surface area contributed by atoms with Gasteiger partial charge >= 0.3 is 21.5 Å². The van der Waals surface area contributed by atoms with E-state index >= 15 is 0 Å². The van der Waals surface area contributed by atoms with Gasteiger partial charge in [0.1, 0.15) is 5.69 Å². The second kappa shape index (κ2) is 9.36. The van der Waals surface area contributed by atoms with Crippen LogP contribution in [0.25, 0.3) is 0 Å². The Bertz CT molecular complexity index is 1130. The van der Waals surface area contributed by atoms with Crippen LogP contribution in [0.2, 0.25) is 0 Å². The molecule has 0 aliphatic carbocycles. The molecule has 1 N–H and O–H groups in total. The number of hydrogen-bond donors (Lipinski definition) is 1. The Morgan fingerprint density at radius 1 is 1.28 bits per heavy atom. The molecule has 1 aromatic heterocycles. The fraction of sp³-hybridized carbons (Fsp3) is 0.471. The van der Waals surface area contributed by atoms with Crippen LogP contribution < -0.4 is 9.62 Å². The molecule has 0 saturated heterocycles. The molecule has 0 radical (unpaired) electrons. The number of hydrogen-bond acceptors (Lipinski definition) is 10. The van der Waals surface area contributed by atoms with Crippen molar-refractivity contribution >= 4 is 49.5 Å². The highest BCUT2D eigenvalue weighted by Crippen LogP contribution is 2.39. The third kappa shape index (κ3) is 5.15. The molecule has 2 aromatic rings. The first-order valence-electron chi connectivity index (χ1n) is 9.49. The highest BCUT2D eigenvalue weighted by atomic mass is 32.2. The molecule has 0 fully saturated rings. The minimum absolute atomic E-state index is 0.0504. The van der Waals surface area contributed by atoms with Crippen LogP contribution in [0.1, 0.15) is 35.6 Å². The fourth-order valence-corrected chi connectivity index (χ4v) is 4.15. The largest absolute Gasteiger partial charge is 0.516 e. The number of nitrogens with zero attached hydrogens (tertiary/aromatic N) is 5. The highest BCUT2D eigenvalue weighted by Gasteiger charge is 2.46. The number of azo groups is 1. The first-order chi connectivity index (χ1) is 15.1. The maximum Gasteiger partial charge on any atom is 0.516 e. The fourth-order valence-electron chi connectivity index (χ4n) is 3.02. The van der Waals surface area contributed by atoms with E-state index in [2.05, 4.69) is 20.4 Å². The molecule has 1 aromatic carbocycles. The molecule has 0 saturated carbocycles. The van der Waals surface area contributed by atoms with E-state index in [0.29, 0.717) is 25.2 Å². The van der Waals surface area contributed by atoms with Gasteiger partial charge in [-0.15, -0.1) is 20.4 Å². The quantitative estimate of drug-likeness (QED) is 0.454. The molecular formula is C17H19F3N6O4S2. The molecule has 174 valence electrons. The summed E-state index contributed by atoms with van der Waals surface area (Å²) in [6.07, 6.45) is 1.47. The Morgan fingerprint density at radius 3 is 2.69 bits per heavy atom. The minimum Gasteiger partial charge on any atom is -0.461 e. The molecule has 1 aliphatic rings. The molecule has 3 rings (SSSR count). The van der Waals surface area contributed by atoms with Gasteiger partial charge in [0, 0.05) is 18.8 Å². The monoisotopic (exact) mass is 492 g/mol. The Hall–Kier alpha value is -2.81. The van der Waals surface area contributed by atoms with Crippen molar-refractivity contribution in [2.75, 3.05) is 29.3 Å². The van der Waals surface area contributed by atoms with Crippen LogP contribution in [0.15, 0.2) is 22.4 Å². The first-order valence-corrected chi connectivity index (χ1v) is 11.8. The number of halogens is 3. The summed E-state index contributed by atoms with van der Waals surface area (Å²) in [7, 11) is -5.68. The Labute approximate surface area is 185 Å². The van der Waals surface area contributed by atoms with Crippen molar-refractivity contribution in [3.05, 3.63) is 22.7 Å². The van der Waals surface area contributed by atoms with Crippen molar-refractivity contribution in [3.8, 4) is 0 Å². The molecule has 10 nitrogen and oxygen atoms in total. The lowest BCUT2D eigenvalue weighted by Crippen LogP contribution is -2.31. The van der Waals surface area contributed by atoms with Crippen molar-refractivity contribution in [2.24, 2.45) is 10.2 Å². The normalized spacial score (nSPS) is 14.5. The van der Waals surface area contributed by atoms with Gasteiger partial charge in [0.2, 0.25) is 5.01 Å². The van der Waals surface area contributed by atoms with E-state index < -0.39 is 21.5 Å². The van der Waals surface area contributed by atoms with Crippen LogP contribution in [0.3, 0.4) is 0 Å². The molecule has 32 heavy (non-hydrogen) atoms. The van der Waals surface area contributed by atoms with Crippen LogP contribution >= 0.6 is 11.3 Å². The van der Waals surface area contributed by atoms with Gasteiger partial charge < -0.3 is 9.64 Å². The molecule has 0 bridgehead atoms. The predicted molar refractivity (Wildman–Crippen MR) is 111 cm³/mol. The van der Waals surface area contributed by atoms with E-state index in [4.69, 9.17) is 4.74 Å². The number of aryl methyl sites for hydroxylation is 1. The summed E-state index contributed by atoms with van der Waals surface area (Å²) in [5.74, 6) is -0.696. The lowest BCUT2D eigenvalue weighted by Gasteiger charge is -2.31. The molecule has 2 heterocycles. The number of anilines is 2. The summed E-state index contributed by atoms with van der Waals surface area (Å²) >= 11 is 0.772. The smallest absolute Gasteiger partial charge is 0.461 e. The van der Waals surface area contributed by atoms with Crippen molar-refractivity contribution in [1.82, 2.24) is 10.2 Å². The number of ether oxygens (including phenoxy) is 1. The van der Waals surface area contributed by atoms with E-state index in [1.54, 1.807) is 11.6 Å². The molecule has 0 atom stereocenters. The number of nitrogens with one attached hydrogen (secondary N) is 1. The van der Waals surface area contributed by atoms with Gasteiger partial charge in [0.25, 0.3) is 5.13 Å². The Kier molecular flexibility index (Phi) is 6.97. The third-order valence-corrected chi connectivity index (χ3v) is 6.34. The van der Waals surface area contributed by atoms with Gasteiger partial charge in [-0.25, -0.2) is 4.79 Å². The van der Waals surface area contributed by atoms with E-state index in [9.17, 15) is 26.4 Å². The zero-order valence-corrected chi connectivity index (χ0v) is 18.6. The zero-order chi connectivity index (χ0) is 23.5. The van der Waals surface area contributed by atoms with Gasteiger partial charge in [-0.1, -0.05) is 11.3 Å². The van der Waals surface area contributed by atoms with Crippen LogP contribution in [-0.4, -0.2) is 49.8 Å². The minimum atomic E-state index is -5.68. The van der Waals surface area contributed by atoms with Gasteiger partial charge in [-0.3, -0.25) is 4.72 Å². The van der Waals surface area contributed by atoms with Gasteiger partial charge in [0.05, 0.1) is 12.3 Å². The molecule has 15 heteroatoms. The summed E-state index contributed by atoms with van der Waals surface area (Å²) in [6, 6.07) is 2.81. The Balaban J connectivity index is 2.00. The molecule has 1 aliphatic heterocycles. The van der Waals surface area contributed by atoms with Crippen molar-refractivity contribution in [3.63, 3.8) is 0 Å². The molecular weight excluding hydrogens is 473 g/mol. The van der Waals surface area contributed by atoms with E-state index in [1.165, 1.54) is 12.1 Å². The number of alkyl halides is 3. The standard InChI is InChI=1S/C17H19F3N6O4S2/c1-3-26-7-5-6-10-8-11(12(9-13(10)26)25-32(28,29)17(18,19)20)21-23-16-24-22-14(31-16)15(27)30-4-2/h8-9,25H,3-7H2,1-2H3. The summed E-state index contributed by atoms with van der Waals surface area (Å²) in [6.45, 7) is 4.94. The summed E-state index contributed by atoms with van der Waals surface area (Å²) in [5.41, 5.74) is -4.58. The second-order valence-corrected chi connectivity index (χ2v) is 9.17. The Morgan fingerprint density at radius 2 is 2.03 bits per heavy atom. The molecule has 0 spiro atoms. The number of carbonyl (C=O) groups is 1. The van der Waals surface area contributed by atoms with Crippen LogP contribution in [-0.2, 0) is 21.2 Å². The molecule has 0 amide bonds. The van der Waals surface area contributed by atoms with Crippen molar-refractivity contribution in [1.29, 1.82) is 0 Å². The topological polar surface area (TPSA) is 126 Å². The summed E-state index contributed by atoms with van der Waals surface area (Å²) < 4.78 is 68.6. The second-order valence-electron chi connectivity index (χ2n) is 6.54. The lowest BCUT2D eigenvalue weighted by atomic mass is 10.0. The predicted octanol–water partition coefficient (Wildman–Crippen LogP) is 4.16. The van der Waals surface area contributed by atoms with Gasteiger partial charge in [-0.05, 0) is 44.4 Å². The maximum absolute atomic E-state index is 12.9. The lowest BCUT2D eigenvalue weighted by molar-refractivity contribution is -0.0429. The number of sulfonamides is 1. The highest BCUT2D eigenvalue weighted by molar-refractivity contribution is 7.93. The van der Waals surface area contributed by atoms with E-state index in [1.807, 2.05) is 11.8 Å². The van der Waals surface area contributed by atoms with Crippen LogP contribution in [0.5, 0.6) is 0 Å². The van der Waals surface area contributed by atoms with Crippen molar-refractivity contribution in [2.45, 2.75) is 32.2 Å². The van der Waals surface area contributed by atoms with Crippen LogP contribution in [0, 0.1) is 0 Å². The number of benzene rings is 1. The van der Waals surface area contributed by atoms with E-state index in [0.717, 1.165) is 23.3 Å². The number of fused-ring (bicyclic) bond motifs is 1. The van der Waals surface area contributed by atoms with Crippen molar-refractivity contribution < 1.29 is 31.1 Å².